The number of hydrogen-bond acceptors (Lipinski definition) is 1. The minimum Gasteiger partial charge on any atom is -0.396 e. The summed E-state index contributed by atoms with van der Waals surface area (Å²) >= 11 is 0. The van der Waals surface area contributed by atoms with Crippen LogP contribution in [-0.4, -0.2) is 11.7 Å². The van der Waals surface area contributed by atoms with E-state index in [2.05, 4.69) is 35.5 Å². The van der Waals surface area contributed by atoms with E-state index in [0.29, 0.717) is 6.42 Å². The van der Waals surface area contributed by atoms with Gasteiger partial charge < -0.3 is 5.11 Å². The Morgan fingerprint density at radius 1 is 1.00 bits per heavy atom. The van der Waals surface area contributed by atoms with Crippen molar-refractivity contribution in [2.24, 2.45) is 0 Å². The molecule has 0 aliphatic rings. The van der Waals surface area contributed by atoms with Crippen LogP contribution < -0.4 is 0 Å². The minimum absolute atomic E-state index is 0.151. The molecule has 0 amide bonds. The fourth-order valence-corrected chi connectivity index (χ4v) is 0.518. The van der Waals surface area contributed by atoms with Crippen molar-refractivity contribution in [2.45, 2.75) is 13.3 Å². The fraction of sp³-hybridized carbons (Fsp3) is 0.231. The van der Waals surface area contributed by atoms with E-state index >= 15 is 0 Å². The van der Waals surface area contributed by atoms with Gasteiger partial charge in [0.1, 0.15) is 0 Å². The largest absolute Gasteiger partial charge is 0.396 e. The van der Waals surface area contributed by atoms with Gasteiger partial charge in [-0.3, -0.25) is 0 Å². The molecule has 0 aromatic rings. The maximum absolute atomic E-state index is 8.44. The predicted molar refractivity (Wildman–Crippen MR) is 59.0 cm³/mol. The maximum Gasteiger partial charge on any atom is 0.0465 e. The number of rotatable bonds is 2. The van der Waals surface area contributed by atoms with Gasteiger partial charge in [-0.25, -0.2) is 0 Å². The SMILES string of the molecule is C/C=C/C#CC#CC#C/C=C/CCO. The molecule has 0 spiro atoms. The molecule has 70 valence electrons. The van der Waals surface area contributed by atoms with Crippen LogP contribution in [0.3, 0.4) is 0 Å². The molecule has 0 saturated carbocycles. The van der Waals surface area contributed by atoms with Crippen molar-refractivity contribution in [2.75, 3.05) is 6.61 Å². The van der Waals surface area contributed by atoms with Gasteiger partial charge in [0.05, 0.1) is 0 Å². The van der Waals surface area contributed by atoms with Gasteiger partial charge in [-0.1, -0.05) is 24.0 Å². The topological polar surface area (TPSA) is 20.2 Å². The highest BCUT2D eigenvalue weighted by Crippen LogP contribution is 1.77. The molecule has 0 aliphatic carbocycles. The van der Waals surface area contributed by atoms with Crippen molar-refractivity contribution in [1.82, 2.24) is 0 Å². The highest BCUT2D eigenvalue weighted by Gasteiger charge is 1.68. The molecule has 0 saturated heterocycles. The van der Waals surface area contributed by atoms with Gasteiger partial charge in [-0.15, -0.1) is 0 Å². The predicted octanol–water partition coefficient (Wildman–Crippen LogP) is 1.51. The van der Waals surface area contributed by atoms with E-state index in [1.165, 1.54) is 0 Å². The summed E-state index contributed by atoms with van der Waals surface area (Å²) in [6.45, 7) is 2.05. The molecular weight excluding hydrogens is 172 g/mol. The summed E-state index contributed by atoms with van der Waals surface area (Å²) in [6.07, 6.45) is 7.66. The van der Waals surface area contributed by atoms with E-state index in [9.17, 15) is 0 Å². The molecule has 0 rings (SSSR count). The highest BCUT2D eigenvalue weighted by atomic mass is 16.2. The maximum atomic E-state index is 8.44. The molecule has 1 N–H and O–H groups in total. The molecule has 0 radical (unpaired) electrons. The first-order valence-electron chi connectivity index (χ1n) is 4.30. The van der Waals surface area contributed by atoms with Crippen molar-refractivity contribution in [3.8, 4) is 35.5 Å². The molecule has 0 aromatic heterocycles. The lowest BCUT2D eigenvalue weighted by molar-refractivity contribution is 0.302. The van der Waals surface area contributed by atoms with Crippen LogP contribution in [0.15, 0.2) is 24.3 Å². The molecule has 0 aliphatic heterocycles. The Kier molecular flexibility index (Phi) is 9.63. The third-order valence-electron chi connectivity index (χ3n) is 1.08. The lowest BCUT2D eigenvalue weighted by Crippen LogP contribution is -1.73. The second-order valence-corrected chi connectivity index (χ2v) is 2.20. The van der Waals surface area contributed by atoms with Crippen molar-refractivity contribution in [3.05, 3.63) is 24.3 Å². The average Bonchev–Trinajstić information content (AvgIpc) is 2.21. The van der Waals surface area contributed by atoms with Crippen LogP contribution in [0.5, 0.6) is 0 Å². The normalized spacial score (nSPS) is 8.43. The first-order chi connectivity index (χ1) is 6.91. The van der Waals surface area contributed by atoms with Gasteiger partial charge in [0.2, 0.25) is 0 Å². The van der Waals surface area contributed by atoms with Crippen LogP contribution in [0.2, 0.25) is 0 Å². The molecule has 0 fully saturated rings. The Morgan fingerprint density at radius 2 is 1.64 bits per heavy atom. The summed E-state index contributed by atoms with van der Waals surface area (Å²) in [5, 5.41) is 8.44. The van der Waals surface area contributed by atoms with E-state index in [0.717, 1.165) is 0 Å². The third-order valence-corrected chi connectivity index (χ3v) is 1.08. The first-order valence-corrected chi connectivity index (χ1v) is 4.30. The van der Waals surface area contributed by atoms with Gasteiger partial charge >= 0.3 is 0 Å². The zero-order valence-corrected chi connectivity index (χ0v) is 8.17. The molecule has 0 unspecified atom stereocenters. The van der Waals surface area contributed by atoms with Gasteiger partial charge in [-0.2, -0.15) is 0 Å². The van der Waals surface area contributed by atoms with E-state index in [1.807, 2.05) is 13.0 Å². The molecule has 1 nitrogen and oxygen atoms in total. The summed E-state index contributed by atoms with van der Waals surface area (Å²) in [5.74, 6) is 15.9. The number of hydrogen-bond donors (Lipinski definition) is 1. The second kappa shape index (κ2) is 11.1. The summed E-state index contributed by atoms with van der Waals surface area (Å²) in [7, 11) is 0. The van der Waals surface area contributed by atoms with Gasteiger partial charge in [0.25, 0.3) is 0 Å². The molecule has 1 heteroatoms. The van der Waals surface area contributed by atoms with Crippen LogP contribution in [-0.2, 0) is 0 Å². The molecule has 0 atom stereocenters. The summed E-state index contributed by atoms with van der Waals surface area (Å²) in [6, 6.07) is 0. The fourth-order valence-electron chi connectivity index (χ4n) is 0.518. The molecule has 0 aromatic carbocycles. The van der Waals surface area contributed by atoms with E-state index in [4.69, 9.17) is 5.11 Å². The Bertz CT molecular complexity index is 367. The summed E-state index contributed by atoms with van der Waals surface area (Å²) < 4.78 is 0. The summed E-state index contributed by atoms with van der Waals surface area (Å²) in [4.78, 5) is 0. The number of aliphatic hydroxyl groups excluding tert-OH is 1. The van der Waals surface area contributed by atoms with Crippen molar-refractivity contribution >= 4 is 0 Å². The Morgan fingerprint density at radius 3 is 2.21 bits per heavy atom. The van der Waals surface area contributed by atoms with Crippen LogP contribution in [0.25, 0.3) is 0 Å². The van der Waals surface area contributed by atoms with Crippen LogP contribution in [0.1, 0.15) is 13.3 Å². The Hall–Kier alpha value is -1.88. The van der Waals surface area contributed by atoms with E-state index in [-0.39, 0.29) is 6.61 Å². The zero-order valence-electron chi connectivity index (χ0n) is 8.17. The number of allylic oxidation sites excluding steroid dienone is 3. The zero-order chi connectivity index (χ0) is 10.5. The lowest BCUT2D eigenvalue weighted by atomic mass is 10.4. The highest BCUT2D eigenvalue weighted by molar-refractivity contribution is 5.39. The third kappa shape index (κ3) is 10.1. The molecular formula is C13H12O. The quantitative estimate of drug-likeness (QED) is 0.645. The van der Waals surface area contributed by atoms with Gasteiger partial charge in [0.15, 0.2) is 0 Å². The summed E-state index contributed by atoms with van der Waals surface area (Å²) in [5.41, 5.74) is 0. The van der Waals surface area contributed by atoms with Crippen molar-refractivity contribution in [1.29, 1.82) is 0 Å². The molecule has 0 bridgehead atoms. The van der Waals surface area contributed by atoms with E-state index in [1.54, 1.807) is 18.2 Å². The van der Waals surface area contributed by atoms with Crippen molar-refractivity contribution < 1.29 is 5.11 Å². The smallest absolute Gasteiger partial charge is 0.0465 e. The minimum atomic E-state index is 0.151. The van der Waals surface area contributed by atoms with Crippen molar-refractivity contribution in [3.63, 3.8) is 0 Å². The molecule has 0 heterocycles. The monoisotopic (exact) mass is 184 g/mol. The Labute approximate surface area is 85.5 Å². The Balaban J connectivity index is 3.86. The first kappa shape index (κ1) is 12.1. The number of aliphatic hydroxyl groups is 1. The van der Waals surface area contributed by atoms with Gasteiger partial charge in [0, 0.05) is 6.61 Å². The van der Waals surface area contributed by atoms with Crippen LogP contribution in [0, 0.1) is 35.5 Å². The second-order valence-electron chi connectivity index (χ2n) is 2.20. The van der Waals surface area contributed by atoms with Gasteiger partial charge in [-0.05, 0) is 49.2 Å². The van der Waals surface area contributed by atoms with E-state index < -0.39 is 0 Å². The lowest BCUT2D eigenvalue weighted by Gasteiger charge is -1.76. The van der Waals surface area contributed by atoms with Crippen LogP contribution >= 0.6 is 0 Å². The van der Waals surface area contributed by atoms with Crippen LogP contribution in [0.4, 0.5) is 0 Å². The molecule has 14 heavy (non-hydrogen) atoms. The average molecular weight is 184 g/mol. The standard InChI is InChI=1S/C13H12O/c1-2-3-4-5-6-7-8-9-10-11-12-13-14/h2-3,10-11,14H,12-13H2,1H3/b3-2+,11-10+.